The van der Waals surface area contributed by atoms with Crippen molar-refractivity contribution < 1.29 is 36.8 Å². The molecule has 176 valence electrons. The number of hydrogen-bond donors (Lipinski definition) is 1. The summed E-state index contributed by atoms with van der Waals surface area (Å²) in [5, 5.41) is 9.85. The fourth-order valence-corrected chi connectivity index (χ4v) is 5.90. The molecule has 6 nitrogen and oxygen atoms in total. The Balaban J connectivity index is 1.96. The van der Waals surface area contributed by atoms with Gasteiger partial charge in [-0.2, -0.15) is 13.2 Å². The zero-order valence-electron chi connectivity index (χ0n) is 17.5. The first-order chi connectivity index (χ1) is 14.6. The van der Waals surface area contributed by atoms with Gasteiger partial charge in [0.2, 0.25) is 0 Å². The number of hydrogen-bond acceptors (Lipinski definition) is 5. The first kappa shape index (κ1) is 26.0. The van der Waals surface area contributed by atoms with E-state index < -0.39 is 27.2 Å². The van der Waals surface area contributed by atoms with E-state index in [1.165, 1.54) is 31.4 Å². The Hall–Kier alpha value is -1.30. The highest BCUT2D eigenvalue weighted by atomic mass is 32.2. The molecule has 1 aromatic rings. The first-order valence-corrected chi connectivity index (χ1v) is 12.0. The number of benzene rings is 1. The minimum Gasteiger partial charge on any atom is -0.490 e. The number of thioether (sulfide) groups is 1. The highest BCUT2D eigenvalue weighted by Crippen LogP contribution is 2.37. The quantitative estimate of drug-likeness (QED) is 0.468. The molecule has 0 aliphatic carbocycles. The molecule has 1 fully saturated rings. The lowest BCUT2D eigenvalue weighted by atomic mass is 9.99. The van der Waals surface area contributed by atoms with Crippen molar-refractivity contribution in [3.05, 3.63) is 24.3 Å². The number of carbonyl (C=O) groups is 1. The van der Waals surface area contributed by atoms with Crippen molar-refractivity contribution >= 4 is 28.7 Å². The number of alkyl halides is 3. The Morgan fingerprint density at radius 3 is 2.32 bits per heavy atom. The summed E-state index contributed by atoms with van der Waals surface area (Å²) in [6.45, 7) is 2.89. The van der Waals surface area contributed by atoms with E-state index in [4.69, 9.17) is 9.47 Å². The van der Waals surface area contributed by atoms with Crippen LogP contribution in [0.15, 0.2) is 29.2 Å². The minimum absolute atomic E-state index is 0.0852. The lowest BCUT2D eigenvalue weighted by Gasteiger charge is -2.37. The average molecular weight is 484 g/mol. The number of nitrogens with zero attached hydrogens (tertiary/aromatic N) is 1. The molecular formula is C20H28F3NO5S2. The Kier molecular flexibility index (Phi) is 9.66. The van der Waals surface area contributed by atoms with E-state index in [-0.39, 0.29) is 42.2 Å². The van der Waals surface area contributed by atoms with Crippen LogP contribution in [0.1, 0.15) is 39.0 Å². The van der Waals surface area contributed by atoms with Crippen LogP contribution in [0, 0.1) is 0 Å². The molecule has 31 heavy (non-hydrogen) atoms. The van der Waals surface area contributed by atoms with Crippen molar-refractivity contribution in [1.29, 1.82) is 0 Å². The van der Waals surface area contributed by atoms with Gasteiger partial charge in [0.05, 0.1) is 0 Å². The van der Waals surface area contributed by atoms with Gasteiger partial charge in [0, 0.05) is 31.7 Å². The standard InChI is InChI=1S/C20H28F3NO5S2/c1-3-10-19(18(25)26,11-14-28-2)31(27)24-12-8-16(9-13-24)29-15-4-6-17(7-5-15)30-20(21,22)23/h4-7,16H,3,8-14H2,1-2H3,(H,25,26). The van der Waals surface area contributed by atoms with Gasteiger partial charge in [-0.05, 0) is 61.7 Å². The topological polar surface area (TPSA) is 76.1 Å². The van der Waals surface area contributed by atoms with Crippen LogP contribution in [0.5, 0.6) is 5.75 Å². The van der Waals surface area contributed by atoms with Crippen LogP contribution >= 0.6 is 11.8 Å². The molecule has 1 N–H and O–H groups in total. The van der Waals surface area contributed by atoms with Crippen molar-refractivity contribution in [3.63, 3.8) is 0 Å². The lowest BCUT2D eigenvalue weighted by molar-refractivity contribution is -0.140. The number of carboxylic acids is 1. The molecule has 0 saturated carbocycles. The van der Waals surface area contributed by atoms with Gasteiger partial charge in [-0.25, -0.2) is 8.51 Å². The third kappa shape index (κ3) is 7.37. The number of carboxylic acid groups (broad SMARTS) is 1. The van der Waals surface area contributed by atoms with Gasteiger partial charge in [0.1, 0.15) is 22.8 Å². The van der Waals surface area contributed by atoms with Crippen molar-refractivity contribution in [2.75, 3.05) is 26.8 Å². The first-order valence-electron chi connectivity index (χ1n) is 10.0. The van der Waals surface area contributed by atoms with Crippen molar-refractivity contribution in [1.82, 2.24) is 4.31 Å². The third-order valence-corrected chi connectivity index (χ3v) is 7.91. The van der Waals surface area contributed by atoms with E-state index in [9.17, 15) is 27.3 Å². The molecule has 0 spiro atoms. The molecule has 2 unspecified atom stereocenters. The van der Waals surface area contributed by atoms with Crippen LogP contribution in [0.4, 0.5) is 13.2 Å². The number of piperidine rings is 1. The molecule has 1 aromatic carbocycles. The van der Waals surface area contributed by atoms with Crippen LogP contribution in [0.3, 0.4) is 0 Å². The van der Waals surface area contributed by atoms with Gasteiger partial charge >= 0.3 is 11.5 Å². The lowest BCUT2D eigenvalue weighted by Crippen LogP contribution is -2.52. The van der Waals surface area contributed by atoms with Gasteiger partial charge in [0.15, 0.2) is 4.75 Å². The summed E-state index contributed by atoms with van der Waals surface area (Å²) < 4.78 is 61.7. The van der Waals surface area contributed by atoms with E-state index in [0.717, 1.165) is 0 Å². The van der Waals surface area contributed by atoms with Crippen LogP contribution < -0.4 is 4.74 Å². The van der Waals surface area contributed by atoms with E-state index in [1.807, 2.05) is 6.92 Å². The Morgan fingerprint density at radius 1 is 1.23 bits per heavy atom. The third-order valence-electron chi connectivity index (χ3n) is 5.08. The number of aliphatic carboxylic acids is 1. The van der Waals surface area contributed by atoms with Crippen LogP contribution in [-0.2, 0) is 20.5 Å². The fourth-order valence-electron chi connectivity index (χ4n) is 3.53. The smallest absolute Gasteiger partial charge is 0.446 e. The fraction of sp³-hybridized carbons (Fsp3) is 0.650. The van der Waals surface area contributed by atoms with Crippen LogP contribution in [-0.4, -0.2) is 62.8 Å². The second-order valence-electron chi connectivity index (χ2n) is 7.31. The maximum Gasteiger partial charge on any atom is 0.446 e. The summed E-state index contributed by atoms with van der Waals surface area (Å²) in [5.41, 5.74) is -4.34. The van der Waals surface area contributed by atoms with Crippen LogP contribution in [0.25, 0.3) is 0 Å². The summed E-state index contributed by atoms with van der Waals surface area (Å²) in [5.74, 6) is -0.614. The minimum atomic E-state index is -4.34. The van der Waals surface area contributed by atoms with E-state index in [0.29, 0.717) is 38.1 Å². The van der Waals surface area contributed by atoms with E-state index >= 15 is 0 Å². The molecule has 1 heterocycles. The van der Waals surface area contributed by atoms with Gasteiger partial charge in [-0.1, -0.05) is 13.3 Å². The molecule has 0 aromatic heterocycles. The molecule has 1 saturated heterocycles. The predicted molar refractivity (Wildman–Crippen MR) is 113 cm³/mol. The number of ether oxygens (including phenoxy) is 2. The molecule has 2 rings (SSSR count). The highest BCUT2D eigenvalue weighted by molar-refractivity contribution is 8.00. The Morgan fingerprint density at radius 2 is 1.84 bits per heavy atom. The van der Waals surface area contributed by atoms with Crippen molar-refractivity contribution in [2.45, 2.75) is 60.3 Å². The zero-order chi connectivity index (χ0) is 23.1. The average Bonchev–Trinajstić information content (AvgIpc) is 2.71. The summed E-state index contributed by atoms with van der Waals surface area (Å²) in [6.07, 6.45) is 1.94. The van der Waals surface area contributed by atoms with Gasteiger partial charge < -0.3 is 14.6 Å². The van der Waals surface area contributed by atoms with E-state index in [1.54, 1.807) is 4.31 Å². The maximum absolute atomic E-state index is 13.2. The monoisotopic (exact) mass is 483 g/mol. The molecule has 1 aliphatic heterocycles. The molecule has 0 amide bonds. The highest BCUT2D eigenvalue weighted by Gasteiger charge is 2.47. The second-order valence-corrected chi connectivity index (χ2v) is 10.2. The number of halogens is 3. The largest absolute Gasteiger partial charge is 0.490 e. The number of methoxy groups -OCH3 is 1. The predicted octanol–water partition coefficient (Wildman–Crippen LogP) is 4.47. The summed E-state index contributed by atoms with van der Waals surface area (Å²) >= 11 is -0.180. The normalized spacial score (nSPS) is 19.0. The summed E-state index contributed by atoms with van der Waals surface area (Å²) in [7, 11) is -0.235. The van der Waals surface area contributed by atoms with E-state index in [2.05, 4.69) is 0 Å². The Labute approximate surface area is 187 Å². The molecule has 0 bridgehead atoms. The maximum atomic E-state index is 13.2. The molecule has 1 aliphatic rings. The molecular weight excluding hydrogens is 455 g/mol. The molecule has 11 heteroatoms. The Bertz CT molecular complexity index is 739. The van der Waals surface area contributed by atoms with Gasteiger partial charge in [-0.15, -0.1) is 0 Å². The van der Waals surface area contributed by atoms with Crippen molar-refractivity contribution in [2.24, 2.45) is 0 Å². The second kappa shape index (κ2) is 11.5. The summed E-state index contributed by atoms with van der Waals surface area (Å²) in [6, 6.07) is 5.72. The van der Waals surface area contributed by atoms with Crippen molar-refractivity contribution in [3.8, 4) is 5.75 Å². The number of rotatable bonds is 11. The van der Waals surface area contributed by atoms with Crippen LogP contribution in [0.2, 0.25) is 0 Å². The molecule has 2 atom stereocenters. The van der Waals surface area contributed by atoms with Gasteiger partial charge in [0.25, 0.3) is 0 Å². The summed E-state index contributed by atoms with van der Waals surface area (Å²) in [4.78, 5) is 12.1. The van der Waals surface area contributed by atoms with Gasteiger partial charge in [-0.3, -0.25) is 4.79 Å². The SMILES string of the molecule is CCCC(CCOC)(C(=O)O)S(=O)N1CCC(Oc2ccc(SC(F)(F)F)cc2)CC1. The zero-order valence-corrected chi connectivity index (χ0v) is 19.2. The molecule has 0 radical (unpaired) electrons.